The van der Waals surface area contributed by atoms with Gasteiger partial charge in [-0.05, 0) is 103 Å². The predicted molar refractivity (Wildman–Crippen MR) is 196 cm³/mol. The maximum absolute atomic E-state index is 12.9. The number of carbonyl (C=O) groups excluding carboxylic acids is 1. The Hall–Kier alpha value is -5.47. The topological polar surface area (TPSA) is 20.3 Å². The highest BCUT2D eigenvalue weighted by Crippen LogP contribution is 2.66. The first-order valence-corrected chi connectivity index (χ1v) is 17.0. The van der Waals surface area contributed by atoms with E-state index in [9.17, 15) is 4.79 Å². The highest BCUT2D eigenvalue weighted by atomic mass is 16.1. The maximum Gasteiger partial charge on any atom is 0.144 e. The summed E-state index contributed by atoms with van der Waals surface area (Å²) in [7, 11) is 0. The number of nitrogens with zero attached hydrogens (tertiary/aromatic N) is 1. The minimum atomic E-state index is -0.655. The van der Waals surface area contributed by atoms with Gasteiger partial charge in [-0.15, -0.1) is 0 Å². The van der Waals surface area contributed by atoms with Crippen LogP contribution in [0, 0.1) is 0 Å². The summed E-state index contributed by atoms with van der Waals surface area (Å²) < 4.78 is 0. The van der Waals surface area contributed by atoms with Crippen LogP contribution in [0.4, 0.5) is 11.4 Å². The fourth-order valence-electron chi connectivity index (χ4n) is 9.83. The largest absolute Gasteiger partial charge is 0.312 e. The lowest BCUT2D eigenvalue weighted by molar-refractivity contribution is -0.104. The standard InChI is InChI=1S/C46H35NO/c1-44(2)35-17-9-5-13-29(35)33-22-21-28(25-39(33)44)47-42-27-40-34(32-16-6-10-18-36(32)45(40,3)4)26-41(42)46(43(47)23-24-48)37-19-11-7-14-30(37)31-15-8-12-20-38(31)46/h5-27H,1-4H3/b43-23-. The van der Waals surface area contributed by atoms with E-state index >= 15 is 0 Å². The van der Waals surface area contributed by atoms with E-state index < -0.39 is 5.41 Å². The van der Waals surface area contributed by atoms with Crippen molar-refractivity contribution < 1.29 is 4.79 Å². The molecule has 1 heterocycles. The number of hydrogen-bond donors (Lipinski definition) is 0. The van der Waals surface area contributed by atoms with Crippen molar-refractivity contribution in [3.63, 3.8) is 0 Å². The van der Waals surface area contributed by atoms with Crippen LogP contribution in [0.5, 0.6) is 0 Å². The second-order valence-electron chi connectivity index (χ2n) is 14.9. The Balaban J connectivity index is 1.32. The number of rotatable bonds is 2. The van der Waals surface area contributed by atoms with Gasteiger partial charge in [-0.1, -0.05) is 131 Å². The molecule has 1 aliphatic heterocycles. The molecule has 6 aromatic carbocycles. The first-order valence-electron chi connectivity index (χ1n) is 17.0. The van der Waals surface area contributed by atoms with Crippen LogP contribution in [0.15, 0.2) is 139 Å². The van der Waals surface area contributed by atoms with Crippen molar-refractivity contribution in [1.82, 2.24) is 0 Å². The smallest absolute Gasteiger partial charge is 0.144 e. The quantitative estimate of drug-likeness (QED) is 0.142. The Labute approximate surface area is 282 Å². The van der Waals surface area contributed by atoms with Crippen molar-refractivity contribution in [1.29, 1.82) is 0 Å². The Morgan fingerprint density at radius 2 is 0.917 bits per heavy atom. The molecular formula is C46H35NO. The Morgan fingerprint density at radius 1 is 0.458 bits per heavy atom. The number of fused-ring (bicyclic) bond motifs is 13. The van der Waals surface area contributed by atoms with Crippen LogP contribution in [0.25, 0.3) is 33.4 Å². The third-order valence-electron chi connectivity index (χ3n) is 12.0. The van der Waals surface area contributed by atoms with Crippen LogP contribution >= 0.6 is 0 Å². The molecule has 0 bridgehead atoms. The maximum atomic E-state index is 12.9. The van der Waals surface area contributed by atoms with Crippen molar-refractivity contribution in [2.45, 2.75) is 43.9 Å². The van der Waals surface area contributed by atoms with Crippen molar-refractivity contribution >= 4 is 17.7 Å². The van der Waals surface area contributed by atoms with Crippen LogP contribution in [-0.4, -0.2) is 6.29 Å². The van der Waals surface area contributed by atoms with Gasteiger partial charge in [0.05, 0.1) is 11.1 Å². The van der Waals surface area contributed by atoms with Gasteiger partial charge in [0.25, 0.3) is 0 Å². The van der Waals surface area contributed by atoms with E-state index in [0.29, 0.717) is 0 Å². The van der Waals surface area contributed by atoms with E-state index in [4.69, 9.17) is 0 Å². The van der Waals surface area contributed by atoms with Crippen LogP contribution in [0.1, 0.15) is 66.6 Å². The number of benzene rings is 6. The molecule has 2 nitrogen and oxygen atoms in total. The van der Waals surface area contributed by atoms with Gasteiger partial charge < -0.3 is 4.90 Å². The van der Waals surface area contributed by atoms with Crippen LogP contribution < -0.4 is 4.90 Å². The molecule has 230 valence electrons. The summed E-state index contributed by atoms with van der Waals surface area (Å²) in [5.74, 6) is 0. The van der Waals surface area contributed by atoms with E-state index in [-0.39, 0.29) is 10.8 Å². The summed E-state index contributed by atoms with van der Waals surface area (Å²) in [6, 6.07) is 47.1. The summed E-state index contributed by atoms with van der Waals surface area (Å²) in [6.45, 7) is 9.35. The molecule has 0 amide bonds. The van der Waals surface area contributed by atoms with Gasteiger partial charge >= 0.3 is 0 Å². The van der Waals surface area contributed by atoms with Crippen molar-refractivity contribution in [3.05, 3.63) is 178 Å². The number of hydrogen-bond acceptors (Lipinski definition) is 2. The van der Waals surface area contributed by atoms with Crippen molar-refractivity contribution in [2.24, 2.45) is 0 Å². The highest BCUT2D eigenvalue weighted by molar-refractivity contribution is 5.99. The molecule has 1 spiro atoms. The molecule has 0 saturated carbocycles. The van der Waals surface area contributed by atoms with Gasteiger partial charge in [-0.2, -0.15) is 0 Å². The summed E-state index contributed by atoms with van der Waals surface area (Å²) in [5, 5.41) is 0. The highest BCUT2D eigenvalue weighted by Gasteiger charge is 2.56. The van der Waals surface area contributed by atoms with Gasteiger partial charge in [0.15, 0.2) is 0 Å². The Bertz CT molecular complexity index is 2390. The van der Waals surface area contributed by atoms with Gasteiger partial charge in [0, 0.05) is 22.2 Å². The van der Waals surface area contributed by atoms with Crippen LogP contribution in [0.2, 0.25) is 0 Å². The van der Waals surface area contributed by atoms with E-state index in [2.05, 4.69) is 160 Å². The fourth-order valence-corrected chi connectivity index (χ4v) is 9.83. The lowest BCUT2D eigenvalue weighted by atomic mass is 9.70. The Morgan fingerprint density at radius 3 is 1.48 bits per heavy atom. The molecule has 0 N–H and O–H groups in total. The number of anilines is 2. The van der Waals surface area contributed by atoms with Gasteiger partial charge in [0.1, 0.15) is 6.29 Å². The molecule has 2 heteroatoms. The van der Waals surface area contributed by atoms with E-state index in [1.54, 1.807) is 0 Å². The summed E-state index contributed by atoms with van der Waals surface area (Å²) in [5.41, 5.74) is 18.9. The third-order valence-corrected chi connectivity index (χ3v) is 12.0. The summed E-state index contributed by atoms with van der Waals surface area (Å²) in [6.07, 6.45) is 2.82. The van der Waals surface area contributed by atoms with E-state index in [1.807, 2.05) is 6.08 Å². The summed E-state index contributed by atoms with van der Waals surface area (Å²) >= 11 is 0. The van der Waals surface area contributed by atoms with Gasteiger partial charge in [-0.25, -0.2) is 0 Å². The molecule has 10 rings (SSSR count). The van der Waals surface area contributed by atoms with Crippen molar-refractivity contribution in [2.75, 3.05) is 4.90 Å². The van der Waals surface area contributed by atoms with Crippen molar-refractivity contribution in [3.8, 4) is 33.4 Å². The van der Waals surface area contributed by atoms with Crippen LogP contribution in [0.3, 0.4) is 0 Å². The second kappa shape index (κ2) is 9.11. The fraction of sp³-hybridized carbons (Fsp3) is 0.152. The molecule has 6 aromatic rings. The average Bonchev–Trinajstić information content (AvgIpc) is 3.73. The van der Waals surface area contributed by atoms with Gasteiger partial charge in [-0.3, -0.25) is 4.79 Å². The zero-order valence-electron chi connectivity index (χ0n) is 27.6. The molecule has 4 aliphatic rings. The monoisotopic (exact) mass is 617 g/mol. The van der Waals surface area contributed by atoms with Gasteiger partial charge in [0.2, 0.25) is 0 Å². The minimum absolute atomic E-state index is 0.148. The SMILES string of the molecule is CC1(C)c2ccccc2-c2ccc(N3/C(=C\C=O)C4(c5ccccc5-c5ccccc54)c4cc5c(cc43)C(C)(C)c3ccccc3-5)cc21. The lowest BCUT2D eigenvalue weighted by Gasteiger charge is -2.33. The molecule has 0 saturated heterocycles. The number of aldehydes is 1. The first-order chi connectivity index (χ1) is 23.3. The van der Waals surface area contributed by atoms with E-state index in [0.717, 1.165) is 23.4 Å². The zero-order valence-corrected chi connectivity index (χ0v) is 27.6. The molecule has 0 radical (unpaired) electrons. The predicted octanol–water partition coefficient (Wildman–Crippen LogP) is 10.8. The number of carbonyl (C=O) groups is 1. The zero-order chi connectivity index (χ0) is 32.6. The molecule has 0 fully saturated rings. The normalized spacial score (nSPS) is 18.2. The Kier molecular flexibility index (Phi) is 5.24. The summed E-state index contributed by atoms with van der Waals surface area (Å²) in [4.78, 5) is 15.3. The average molecular weight is 618 g/mol. The minimum Gasteiger partial charge on any atom is -0.312 e. The number of allylic oxidation sites excluding steroid dienone is 2. The molecular weight excluding hydrogens is 583 g/mol. The molecule has 0 atom stereocenters. The molecule has 0 aromatic heterocycles. The molecule has 0 unspecified atom stereocenters. The molecule has 3 aliphatic carbocycles. The van der Waals surface area contributed by atoms with Crippen LogP contribution in [-0.2, 0) is 21.0 Å². The first kappa shape index (κ1) is 27.6. The third kappa shape index (κ3) is 3.12. The molecule has 48 heavy (non-hydrogen) atoms. The second-order valence-corrected chi connectivity index (χ2v) is 14.9. The van der Waals surface area contributed by atoms with E-state index in [1.165, 1.54) is 72.3 Å². The lowest BCUT2D eigenvalue weighted by Crippen LogP contribution is -2.30.